The van der Waals surface area contributed by atoms with Gasteiger partial charge in [0, 0.05) is 29.5 Å². The van der Waals surface area contributed by atoms with E-state index in [4.69, 9.17) is 4.42 Å². The number of phenolic OH excluding ortho intramolecular Hbond substituents is 1. The first-order valence-corrected chi connectivity index (χ1v) is 9.08. The van der Waals surface area contributed by atoms with E-state index in [9.17, 15) is 24.6 Å². The Balaban J connectivity index is 1.85. The summed E-state index contributed by atoms with van der Waals surface area (Å²) in [5.41, 5.74) is 1.42. The van der Waals surface area contributed by atoms with Gasteiger partial charge in [-0.2, -0.15) is 0 Å². The highest BCUT2D eigenvalue weighted by Crippen LogP contribution is 2.29. The third-order valence-electron chi connectivity index (χ3n) is 5.37. The maximum absolute atomic E-state index is 12.6. The minimum Gasteiger partial charge on any atom is -0.508 e. The normalized spacial score (nSPS) is 17.3. The quantitative estimate of drug-likeness (QED) is 0.797. The lowest BCUT2D eigenvalue weighted by Crippen LogP contribution is -2.48. The number of carboxylic acids is 1. The van der Waals surface area contributed by atoms with Crippen LogP contribution in [0.3, 0.4) is 0 Å². The number of piperidine rings is 1. The van der Waals surface area contributed by atoms with Crippen LogP contribution in [0.2, 0.25) is 0 Å². The van der Waals surface area contributed by atoms with Crippen LogP contribution in [-0.2, 0) is 16.0 Å². The van der Waals surface area contributed by atoms with E-state index in [1.54, 1.807) is 26.0 Å². The first kappa shape index (κ1) is 18.9. The molecule has 0 saturated carbocycles. The first-order valence-electron chi connectivity index (χ1n) is 9.08. The molecule has 2 N–H and O–H groups in total. The Labute approximate surface area is 156 Å². The van der Waals surface area contributed by atoms with Gasteiger partial charge in [0.15, 0.2) is 0 Å². The standard InChI is InChI=1S/C20H23NO6/c1-11-13-6-8-16(22)12(2)18(13)27-20(26)14(11)7-9-17(23)21-10-4-3-5-15(21)19(24)25/h6,8,15,22H,3-5,7,9-10H2,1-2H3,(H,24,25). The Morgan fingerprint density at radius 2 is 1.96 bits per heavy atom. The summed E-state index contributed by atoms with van der Waals surface area (Å²) in [6.45, 7) is 3.89. The van der Waals surface area contributed by atoms with Crippen LogP contribution in [0, 0.1) is 13.8 Å². The molecule has 7 nitrogen and oxygen atoms in total. The van der Waals surface area contributed by atoms with Gasteiger partial charge in [-0.1, -0.05) is 0 Å². The molecule has 1 saturated heterocycles. The Morgan fingerprint density at radius 3 is 2.67 bits per heavy atom. The van der Waals surface area contributed by atoms with Crippen molar-refractivity contribution in [3.63, 3.8) is 0 Å². The van der Waals surface area contributed by atoms with E-state index in [2.05, 4.69) is 0 Å². The predicted octanol–water partition coefficient (Wildman–Crippen LogP) is 2.51. The lowest BCUT2D eigenvalue weighted by Gasteiger charge is -2.33. The number of aliphatic carboxylic acids is 1. The van der Waals surface area contributed by atoms with Gasteiger partial charge in [0.05, 0.1) is 0 Å². The molecule has 0 spiro atoms. The van der Waals surface area contributed by atoms with Gasteiger partial charge in [-0.3, -0.25) is 4.79 Å². The van der Waals surface area contributed by atoms with Crippen molar-refractivity contribution >= 4 is 22.8 Å². The molecule has 2 aromatic rings. The molecule has 1 unspecified atom stereocenters. The van der Waals surface area contributed by atoms with Crippen molar-refractivity contribution < 1.29 is 24.2 Å². The summed E-state index contributed by atoms with van der Waals surface area (Å²) in [5.74, 6) is -1.19. The average Bonchev–Trinajstić information content (AvgIpc) is 2.64. The third kappa shape index (κ3) is 3.54. The number of aryl methyl sites for hydroxylation is 2. The summed E-state index contributed by atoms with van der Waals surface area (Å²) in [6.07, 6.45) is 2.28. The lowest BCUT2D eigenvalue weighted by molar-refractivity contribution is -0.152. The predicted molar refractivity (Wildman–Crippen MR) is 98.9 cm³/mol. The van der Waals surface area contributed by atoms with Crippen molar-refractivity contribution in [2.75, 3.05) is 6.54 Å². The van der Waals surface area contributed by atoms with Crippen LogP contribution >= 0.6 is 0 Å². The molecule has 1 atom stereocenters. The van der Waals surface area contributed by atoms with Crippen LogP contribution in [0.4, 0.5) is 0 Å². The van der Waals surface area contributed by atoms with Gasteiger partial charge in [0.2, 0.25) is 5.91 Å². The number of carboxylic acid groups (broad SMARTS) is 1. The molecule has 1 aliphatic rings. The van der Waals surface area contributed by atoms with Crippen LogP contribution in [-0.4, -0.2) is 39.6 Å². The van der Waals surface area contributed by atoms with Gasteiger partial charge in [0.1, 0.15) is 17.4 Å². The van der Waals surface area contributed by atoms with Crippen molar-refractivity contribution in [3.8, 4) is 5.75 Å². The molecule has 0 radical (unpaired) electrons. The zero-order chi connectivity index (χ0) is 19.7. The van der Waals surface area contributed by atoms with Crippen LogP contribution < -0.4 is 5.63 Å². The van der Waals surface area contributed by atoms with Crippen LogP contribution in [0.1, 0.15) is 42.4 Å². The molecule has 1 aromatic heterocycles. The van der Waals surface area contributed by atoms with Crippen molar-refractivity contribution in [1.29, 1.82) is 0 Å². The number of amides is 1. The molecule has 0 bridgehead atoms. The van der Waals surface area contributed by atoms with Crippen LogP contribution in [0.25, 0.3) is 11.0 Å². The van der Waals surface area contributed by atoms with Gasteiger partial charge in [-0.05, 0) is 57.2 Å². The number of likely N-dealkylation sites (tertiary alicyclic amines) is 1. The van der Waals surface area contributed by atoms with Gasteiger partial charge >= 0.3 is 11.6 Å². The Morgan fingerprint density at radius 1 is 1.22 bits per heavy atom. The molecule has 2 heterocycles. The lowest BCUT2D eigenvalue weighted by atomic mass is 9.98. The average molecular weight is 373 g/mol. The summed E-state index contributed by atoms with van der Waals surface area (Å²) in [7, 11) is 0. The summed E-state index contributed by atoms with van der Waals surface area (Å²) in [6, 6.07) is 2.45. The topological polar surface area (TPSA) is 108 Å². The number of hydrogen-bond acceptors (Lipinski definition) is 5. The van der Waals surface area contributed by atoms with E-state index in [1.807, 2.05) is 0 Å². The second-order valence-corrected chi connectivity index (χ2v) is 7.02. The van der Waals surface area contributed by atoms with E-state index in [1.165, 1.54) is 4.90 Å². The second kappa shape index (κ2) is 7.42. The highest BCUT2D eigenvalue weighted by Gasteiger charge is 2.31. The fourth-order valence-corrected chi connectivity index (χ4v) is 3.73. The number of carbonyl (C=O) groups is 2. The van der Waals surface area contributed by atoms with Gasteiger partial charge in [0.25, 0.3) is 0 Å². The number of carbonyl (C=O) groups excluding carboxylic acids is 1. The Kier molecular flexibility index (Phi) is 5.21. The first-order chi connectivity index (χ1) is 12.8. The van der Waals surface area contributed by atoms with Crippen molar-refractivity contribution in [1.82, 2.24) is 4.90 Å². The zero-order valence-corrected chi connectivity index (χ0v) is 15.4. The molecule has 1 fully saturated rings. The maximum Gasteiger partial charge on any atom is 0.339 e. The summed E-state index contributed by atoms with van der Waals surface area (Å²) < 4.78 is 5.39. The van der Waals surface area contributed by atoms with Gasteiger partial charge in [-0.15, -0.1) is 0 Å². The molecular weight excluding hydrogens is 350 g/mol. The molecule has 144 valence electrons. The third-order valence-corrected chi connectivity index (χ3v) is 5.37. The molecular formula is C20H23NO6. The molecule has 1 aliphatic heterocycles. The van der Waals surface area contributed by atoms with Crippen molar-refractivity contribution in [2.24, 2.45) is 0 Å². The Bertz CT molecular complexity index is 961. The molecule has 27 heavy (non-hydrogen) atoms. The van der Waals surface area contributed by atoms with E-state index < -0.39 is 17.6 Å². The van der Waals surface area contributed by atoms with E-state index >= 15 is 0 Å². The zero-order valence-electron chi connectivity index (χ0n) is 15.4. The fourth-order valence-electron chi connectivity index (χ4n) is 3.73. The fraction of sp³-hybridized carbons (Fsp3) is 0.450. The molecule has 1 amide bonds. The number of rotatable bonds is 4. The van der Waals surface area contributed by atoms with Gasteiger partial charge in [-0.25, -0.2) is 9.59 Å². The Hall–Kier alpha value is -2.83. The highest BCUT2D eigenvalue weighted by atomic mass is 16.4. The number of nitrogens with zero attached hydrogens (tertiary/aromatic N) is 1. The smallest absolute Gasteiger partial charge is 0.339 e. The molecule has 3 rings (SSSR count). The number of phenols is 1. The SMILES string of the molecule is Cc1c(CCC(=O)N2CCCCC2C(=O)O)c(=O)oc2c(C)c(O)ccc12. The van der Waals surface area contributed by atoms with Crippen molar-refractivity contribution in [2.45, 2.75) is 52.0 Å². The van der Waals surface area contributed by atoms with Crippen molar-refractivity contribution in [3.05, 3.63) is 39.2 Å². The molecule has 0 aliphatic carbocycles. The molecule has 1 aromatic carbocycles. The largest absolute Gasteiger partial charge is 0.508 e. The number of benzene rings is 1. The number of hydrogen-bond donors (Lipinski definition) is 2. The summed E-state index contributed by atoms with van der Waals surface area (Å²) >= 11 is 0. The second-order valence-electron chi connectivity index (χ2n) is 7.02. The highest BCUT2D eigenvalue weighted by molar-refractivity contribution is 5.86. The molecule has 7 heteroatoms. The summed E-state index contributed by atoms with van der Waals surface area (Å²) in [5, 5.41) is 19.8. The van der Waals surface area contributed by atoms with Crippen LogP contribution in [0.5, 0.6) is 5.75 Å². The monoisotopic (exact) mass is 373 g/mol. The minimum absolute atomic E-state index is 0.0535. The van der Waals surface area contributed by atoms with E-state index in [-0.39, 0.29) is 24.5 Å². The maximum atomic E-state index is 12.6. The number of aromatic hydroxyl groups is 1. The van der Waals surface area contributed by atoms with E-state index in [0.717, 1.165) is 12.8 Å². The summed E-state index contributed by atoms with van der Waals surface area (Å²) in [4.78, 5) is 37.8. The number of fused-ring (bicyclic) bond motifs is 1. The van der Waals surface area contributed by atoms with Gasteiger partial charge < -0.3 is 19.5 Å². The van der Waals surface area contributed by atoms with E-state index in [0.29, 0.717) is 40.6 Å². The van der Waals surface area contributed by atoms with Crippen LogP contribution in [0.15, 0.2) is 21.3 Å². The minimum atomic E-state index is -0.986.